The van der Waals surface area contributed by atoms with E-state index in [2.05, 4.69) is 31.5 Å². The van der Waals surface area contributed by atoms with Gasteiger partial charge in [0.2, 0.25) is 0 Å². The molecule has 3 rings (SSSR count). The Bertz CT molecular complexity index is 907. The molecule has 0 aliphatic carbocycles. The maximum Gasteiger partial charge on any atom is 0.255 e. The maximum absolute atomic E-state index is 12.3. The van der Waals surface area contributed by atoms with E-state index < -0.39 is 0 Å². The summed E-state index contributed by atoms with van der Waals surface area (Å²) in [5, 5.41) is 6.11. The van der Waals surface area contributed by atoms with Gasteiger partial charge in [0.1, 0.15) is 5.82 Å². The van der Waals surface area contributed by atoms with Gasteiger partial charge >= 0.3 is 0 Å². The number of nitrogens with zero attached hydrogens (tertiary/aromatic N) is 1. The monoisotopic (exact) mass is 395 g/mol. The van der Waals surface area contributed by atoms with Gasteiger partial charge in [-0.05, 0) is 55.3 Å². The SMILES string of the molecule is Cc1ccc(Nc2ccc(NC(=O)c3ccccc3C)cn2)cc1Br. The lowest BCUT2D eigenvalue weighted by molar-refractivity contribution is 0.102. The Kier molecular flexibility index (Phi) is 5.14. The van der Waals surface area contributed by atoms with Gasteiger partial charge in [-0.2, -0.15) is 0 Å². The standard InChI is InChI=1S/C20H18BrN3O/c1-13-5-3-4-6-17(13)20(25)24-16-9-10-19(22-12-16)23-15-8-7-14(2)18(21)11-15/h3-12H,1-2H3,(H,22,23)(H,24,25). The molecule has 0 fully saturated rings. The second-order valence-electron chi connectivity index (χ2n) is 5.79. The Balaban J connectivity index is 1.69. The number of hydrogen-bond donors (Lipinski definition) is 2. The highest BCUT2D eigenvalue weighted by atomic mass is 79.9. The van der Waals surface area contributed by atoms with Crippen molar-refractivity contribution >= 4 is 39.0 Å². The zero-order chi connectivity index (χ0) is 17.8. The van der Waals surface area contributed by atoms with Crippen LogP contribution in [-0.2, 0) is 0 Å². The van der Waals surface area contributed by atoms with Gasteiger partial charge in [0.25, 0.3) is 5.91 Å². The molecule has 0 atom stereocenters. The van der Waals surface area contributed by atoms with Crippen LogP contribution < -0.4 is 10.6 Å². The van der Waals surface area contributed by atoms with E-state index in [1.807, 2.05) is 68.4 Å². The van der Waals surface area contributed by atoms with Crippen LogP contribution in [0.1, 0.15) is 21.5 Å². The quantitative estimate of drug-likeness (QED) is 0.616. The topological polar surface area (TPSA) is 54.0 Å². The Labute approximate surface area is 155 Å². The molecule has 5 heteroatoms. The fraction of sp³-hybridized carbons (Fsp3) is 0.100. The van der Waals surface area contributed by atoms with Gasteiger partial charge < -0.3 is 10.6 Å². The number of anilines is 3. The Morgan fingerprint density at radius 1 is 0.960 bits per heavy atom. The molecule has 0 aliphatic heterocycles. The van der Waals surface area contributed by atoms with E-state index in [-0.39, 0.29) is 5.91 Å². The number of carbonyl (C=O) groups is 1. The van der Waals surface area contributed by atoms with Crippen LogP contribution in [0.15, 0.2) is 65.3 Å². The van der Waals surface area contributed by atoms with Gasteiger partial charge in [-0.1, -0.05) is 40.2 Å². The van der Waals surface area contributed by atoms with Crippen molar-refractivity contribution in [3.05, 3.63) is 82.0 Å². The van der Waals surface area contributed by atoms with Crippen LogP contribution >= 0.6 is 15.9 Å². The highest BCUT2D eigenvalue weighted by Crippen LogP contribution is 2.23. The molecule has 0 bridgehead atoms. The van der Waals surface area contributed by atoms with E-state index in [9.17, 15) is 4.79 Å². The maximum atomic E-state index is 12.3. The first kappa shape index (κ1) is 17.2. The zero-order valence-electron chi connectivity index (χ0n) is 14.0. The molecule has 0 unspecified atom stereocenters. The number of benzene rings is 2. The van der Waals surface area contributed by atoms with Crippen LogP contribution in [0, 0.1) is 13.8 Å². The third-order valence-electron chi connectivity index (χ3n) is 3.86. The minimum absolute atomic E-state index is 0.136. The summed E-state index contributed by atoms with van der Waals surface area (Å²) in [6, 6.07) is 17.2. The summed E-state index contributed by atoms with van der Waals surface area (Å²) in [4.78, 5) is 16.7. The summed E-state index contributed by atoms with van der Waals surface area (Å²) in [7, 11) is 0. The molecule has 2 N–H and O–H groups in total. The van der Waals surface area contributed by atoms with Gasteiger partial charge in [-0.3, -0.25) is 4.79 Å². The largest absolute Gasteiger partial charge is 0.340 e. The summed E-state index contributed by atoms with van der Waals surface area (Å²) in [5.41, 5.74) is 4.38. The minimum atomic E-state index is -0.136. The average Bonchev–Trinajstić information content (AvgIpc) is 2.60. The highest BCUT2D eigenvalue weighted by molar-refractivity contribution is 9.10. The summed E-state index contributed by atoms with van der Waals surface area (Å²) in [6.45, 7) is 3.96. The predicted octanol–water partition coefficient (Wildman–Crippen LogP) is 5.46. The Morgan fingerprint density at radius 2 is 1.72 bits per heavy atom. The lowest BCUT2D eigenvalue weighted by Crippen LogP contribution is -2.13. The van der Waals surface area contributed by atoms with Crippen molar-refractivity contribution in [2.75, 3.05) is 10.6 Å². The second kappa shape index (κ2) is 7.49. The molecule has 1 amide bonds. The van der Waals surface area contributed by atoms with Crippen LogP contribution in [0.2, 0.25) is 0 Å². The molecule has 25 heavy (non-hydrogen) atoms. The third kappa shape index (κ3) is 4.25. The van der Waals surface area contributed by atoms with Crippen molar-refractivity contribution < 1.29 is 4.79 Å². The number of rotatable bonds is 4. The summed E-state index contributed by atoms with van der Waals surface area (Å²) in [6.07, 6.45) is 1.64. The molecule has 4 nitrogen and oxygen atoms in total. The van der Waals surface area contributed by atoms with Crippen LogP contribution in [0.25, 0.3) is 0 Å². The van der Waals surface area contributed by atoms with Crippen molar-refractivity contribution in [3.63, 3.8) is 0 Å². The van der Waals surface area contributed by atoms with Crippen molar-refractivity contribution in [2.24, 2.45) is 0 Å². The normalized spacial score (nSPS) is 10.4. The van der Waals surface area contributed by atoms with E-state index in [0.717, 1.165) is 15.7 Å². The molecule has 0 saturated heterocycles. The van der Waals surface area contributed by atoms with E-state index in [4.69, 9.17) is 0 Å². The molecular weight excluding hydrogens is 378 g/mol. The summed E-state index contributed by atoms with van der Waals surface area (Å²) in [5.74, 6) is 0.577. The van der Waals surface area contributed by atoms with Gasteiger partial charge in [0.15, 0.2) is 0 Å². The Morgan fingerprint density at radius 3 is 2.40 bits per heavy atom. The molecular formula is C20H18BrN3O. The first-order chi connectivity index (χ1) is 12.0. The number of aryl methyl sites for hydroxylation is 2. The van der Waals surface area contributed by atoms with Gasteiger partial charge in [-0.25, -0.2) is 4.98 Å². The molecule has 0 saturated carbocycles. The smallest absolute Gasteiger partial charge is 0.255 e. The third-order valence-corrected chi connectivity index (χ3v) is 4.71. The fourth-order valence-corrected chi connectivity index (χ4v) is 2.77. The number of halogens is 1. The van der Waals surface area contributed by atoms with Gasteiger partial charge in [-0.15, -0.1) is 0 Å². The first-order valence-corrected chi connectivity index (χ1v) is 8.68. The lowest BCUT2D eigenvalue weighted by atomic mass is 10.1. The van der Waals surface area contributed by atoms with E-state index in [0.29, 0.717) is 17.1 Å². The van der Waals surface area contributed by atoms with E-state index in [1.165, 1.54) is 5.56 Å². The van der Waals surface area contributed by atoms with Crippen LogP contribution in [0.4, 0.5) is 17.2 Å². The number of hydrogen-bond acceptors (Lipinski definition) is 3. The van der Waals surface area contributed by atoms with Crippen LogP contribution in [-0.4, -0.2) is 10.9 Å². The Hall–Kier alpha value is -2.66. The number of nitrogens with one attached hydrogen (secondary N) is 2. The van der Waals surface area contributed by atoms with Crippen molar-refractivity contribution in [3.8, 4) is 0 Å². The zero-order valence-corrected chi connectivity index (χ0v) is 15.6. The van der Waals surface area contributed by atoms with Crippen LogP contribution in [0.5, 0.6) is 0 Å². The van der Waals surface area contributed by atoms with Crippen molar-refractivity contribution in [1.82, 2.24) is 4.98 Å². The number of aromatic nitrogens is 1. The van der Waals surface area contributed by atoms with E-state index >= 15 is 0 Å². The van der Waals surface area contributed by atoms with Crippen molar-refractivity contribution in [2.45, 2.75) is 13.8 Å². The van der Waals surface area contributed by atoms with Gasteiger partial charge in [0.05, 0.1) is 11.9 Å². The number of pyridine rings is 1. The van der Waals surface area contributed by atoms with Gasteiger partial charge in [0, 0.05) is 15.7 Å². The molecule has 3 aromatic rings. The van der Waals surface area contributed by atoms with Crippen molar-refractivity contribution in [1.29, 1.82) is 0 Å². The molecule has 1 heterocycles. The summed E-state index contributed by atoms with van der Waals surface area (Å²) >= 11 is 3.52. The molecule has 2 aromatic carbocycles. The summed E-state index contributed by atoms with van der Waals surface area (Å²) < 4.78 is 1.04. The average molecular weight is 396 g/mol. The predicted molar refractivity (Wildman–Crippen MR) is 106 cm³/mol. The molecule has 0 spiro atoms. The minimum Gasteiger partial charge on any atom is -0.340 e. The van der Waals surface area contributed by atoms with Crippen LogP contribution in [0.3, 0.4) is 0 Å². The second-order valence-corrected chi connectivity index (χ2v) is 6.64. The lowest BCUT2D eigenvalue weighted by Gasteiger charge is -2.10. The molecule has 126 valence electrons. The number of carbonyl (C=O) groups excluding carboxylic acids is 1. The number of amides is 1. The first-order valence-electron chi connectivity index (χ1n) is 7.89. The molecule has 0 radical (unpaired) electrons. The highest BCUT2D eigenvalue weighted by Gasteiger charge is 2.08. The molecule has 1 aromatic heterocycles. The fourth-order valence-electron chi connectivity index (χ4n) is 2.39. The van der Waals surface area contributed by atoms with E-state index in [1.54, 1.807) is 6.20 Å². The molecule has 0 aliphatic rings.